The Morgan fingerprint density at radius 1 is 1.11 bits per heavy atom. The van der Waals surface area contributed by atoms with Gasteiger partial charge in [-0.1, -0.05) is 35.5 Å². The number of hydrogen-bond donors (Lipinski definition) is 3. The molecule has 0 bridgehead atoms. The lowest BCUT2D eigenvalue weighted by Crippen LogP contribution is -2.36. The van der Waals surface area contributed by atoms with E-state index < -0.39 is 11.6 Å². The molecule has 2 aliphatic heterocycles. The number of rotatable bonds is 10. The predicted octanol–water partition coefficient (Wildman–Crippen LogP) is 4.59. The number of hydrogen-bond acceptors (Lipinski definition) is 12. The highest BCUT2D eigenvalue weighted by Gasteiger charge is 2.37. The van der Waals surface area contributed by atoms with Crippen molar-refractivity contribution in [2.45, 2.75) is 51.2 Å². The van der Waals surface area contributed by atoms with Crippen LogP contribution < -0.4 is 10.6 Å². The molecule has 12 nitrogen and oxygen atoms in total. The Balaban J connectivity index is 1.29. The molecule has 0 saturated carbocycles. The van der Waals surface area contributed by atoms with Crippen molar-refractivity contribution >= 4 is 29.2 Å². The highest BCUT2D eigenvalue weighted by atomic mass is 16.6. The first-order valence-corrected chi connectivity index (χ1v) is 14.7. The van der Waals surface area contributed by atoms with Crippen LogP contribution in [0.3, 0.4) is 0 Å². The molecule has 2 aliphatic rings. The van der Waals surface area contributed by atoms with Crippen LogP contribution in [0, 0.1) is 0 Å². The Kier molecular flexibility index (Phi) is 8.11. The number of esters is 1. The number of aliphatic hydroxyl groups excluding tert-OH is 1. The maximum absolute atomic E-state index is 12.2. The normalized spacial score (nSPS) is 17.1. The quantitative estimate of drug-likeness (QED) is 0.219. The monoisotopic (exact) mass is 597 g/mol. The number of carbonyl (C=O) groups is 2. The van der Waals surface area contributed by atoms with Gasteiger partial charge in [0.15, 0.2) is 5.82 Å². The number of aromatic nitrogens is 4. The second-order valence-electron chi connectivity index (χ2n) is 11.7. The fourth-order valence-corrected chi connectivity index (χ4v) is 5.74. The Morgan fingerprint density at radius 3 is 2.61 bits per heavy atom. The van der Waals surface area contributed by atoms with Gasteiger partial charge in [-0.05, 0) is 70.5 Å². The first kappa shape index (κ1) is 29.4. The fourth-order valence-electron chi connectivity index (χ4n) is 5.74. The van der Waals surface area contributed by atoms with Crippen LogP contribution in [0.1, 0.15) is 72.9 Å². The number of Topliss-reactive ketones (excluding diaryl/α,β-unsaturated/α-hetero) is 1. The molecule has 2 aromatic carbocycles. The molecule has 0 amide bonds. The number of fused-ring (bicyclic) bond motifs is 1. The van der Waals surface area contributed by atoms with Crippen LogP contribution in [-0.2, 0) is 15.1 Å². The van der Waals surface area contributed by atoms with Crippen molar-refractivity contribution in [3.8, 4) is 11.5 Å². The van der Waals surface area contributed by atoms with E-state index in [9.17, 15) is 14.7 Å². The van der Waals surface area contributed by atoms with Crippen LogP contribution in [0.5, 0.6) is 0 Å². The summed E-state index contributed by atoms with van der Waals surface area (Å²) in [5.74, 6) is 1.49. The van der Waals surface area contributed by atoms with E-state index in [1.54, 1.807) is 25.3 Å². The van der Waals surface area contributed by atoms with Crippen molar-refractivity contribution < 1.29 is 24.0 Å². The van der Waals surface area contributed by atoms with Crippen LogP contribution >= 0.6 is 0 Å². The lowest BCUT2D eigenvalue weighted by atomic mass is 9.95. The van der Waals surface area contributed by atoms with Gasteiger partial charge >= 0.3 is 5.97 Å². The van der Waals surface area contributed by atoms with E-state index in [1.165, 1.54) is 0 Å². The summed E-state index contributed by atoms with van der Waals surface area (Å²) in [4.78, 5) is 39.9. The van der Waals surface area contributed by atoms with E-state index in [2.05, 4.69) is 25.7 Å². The van der Waals surface area contributed by atoms with Gasteiger partial charge < -0.3 is 25.0 Å². The standard InChI is InChI=1S/C32H35N7O5/c1-19(41)17-39-13-11-21(12-14-39)27-36-29(44-38-27)24-16-33-31(37-28(24)35-26(18-40)20-7-5-4-6-8-20)34-22-9-10-23-25(15-22)32(2,3)43-30(23)42/h4-10,15-16,21,26,40H,11-14,17-18H2,1-3H3,(H2,33,34,35,37)/t26-/m1/s1. The van der Waals surface area contributed by atoms with Gasteiger partial charge in [-0.25, -0.2) is 9.78 Å². The third-order valence-electron chi connectivity index (χ3n) is 8.05. The van der Waals surface area contributed by atoms with Gasteiger partial charge in [-0.3, -0.25) is 9.69 Å². The number of piperidine rings is 1. The summed E-state index contributed by atoms with van der Waals surface area (Å²) in [7, 11) is 0. The molecule has 0 spiro atoms. The molecule has 6 rings (SSSR count). The first-order valence-electron chi connectivity index (χ1n) is 14.7. The van der Waals surface area contributed by atoms with Crippen molar-refractivity contribution in [1.82, 2.24) is 25.0 Å². The highest BCUT2D eigenvalue weighted by molar-refractivity contribution is 5.95. The molecule has 1 fully saturated rings. The number of carbonyl (C=O) groups excluding carboxylic acids is 2. The lowest BCUT2D eigenvalue weighted by Gasteiger charge is -2.29. The van der Waals surface area contributed by atoms with Gasteiger partial charge in [-0.15, -0.1) is 0 Å². The van der Waals surface area contributed by atoms with E-state index in [4.69, 9.17) is 19.2 Å². The molecule has 3 N–H and O–H groups in total. The van der Waals surface area contributed by atoms with Crippen molar-refractivity contribution in [3.05, 3.63) is 77.2 Å². The van der Waals surface area contributed by atoms with Crippen LogP contribution in [-0.4, -0.2) is 68.1 Å². The number of cyclic esters (lactones) is 1. The van der Waals surface area contributed by atoms with Crippen LogP contribution in [0.25, 0.3) is 11.5 Å². The van der Waals surface area contributed by atoms with E-state index in [-0.39, 0.29) is 30.2 Å². The van der Waals surface area contributed by atoms with Gasteiger partial charge in [0.1, 0.15) is 22.8 Å². The van der Waals surface area contributed by atoms with Crippen molar-refractivity contribution in [3.63, 3.8) is 0 Å². The molecule has 4 heterocycles. The number of nitrogens with zero attached hydrogens (tertiary/aromatic N) is 5. The van der Waals surface area contributed by atoms with Gasteiger partial charge in [0.2, 0.25) is 5.95 Å². The van der Waals surface area contributed by atoms with Crippen LogP contribution in [0.4, 0.5) is 17.5 Å². The minimum atomic E-state index is -0.745. The highest BCUT2D eigenvalue weighted by Crippen LogP contribution is 2.38. The maximum atomic E-state index is 12.2. The SMILES string of the molecule is CC(=O)CN1CCC(c2noc(-c3cnc(Nc4ccc5c(c4)C(C)(C)OC5=O)nc3N[C@H](CO)c3ccccc3)n2)CC1. The molecule has 0 unspecified atom stereocenters. The van der Waals surface area contributed by atoms with Gasteiger partial charge in [0.05, 0.1) is 24.8 Å². The lowest BCUT2D eigenvalue weighted by molar-refractivity contribution is -0.118. The third-order valence-corrected chi connectivity index (χ3v) is 8.05. The second-order valence-corrected chi connectivity index (χ2v) is 11.7. The summed E-state index contributed by atoms with van der Waals surface area (Å²) in [6.07, 6.45) is 3.25. The summed E-state index contributed by atoms with van der Waals surface area (Å²) in [5, 5.41) is 21.1. The third kappa shape index (κ3) is 6.17. The number of nitrogens with one attached hydrogen (secondary N) is 2. The van der Waals surface area contributed by atoms with Crippen LogP contribution in [0.15, 0.2) is 59.3 Å². The van der Waals surface area contributed by atoms with Crippen molar-refractivity contribution in [1.29, 1.82) is 0 Å². The summed E-state index contributed by atoms with van der Waals surface area (Å²) < 4.78 is 11.2. The average molecular weight is 598 g/mol. The maximum Gasteiger partial charge on any atom is 0.339 e. The van der Waals surface area contributed by atoms with Crippen molar-refractivity contribution in [2.75, 3.05) is 36.9 Å². The topological polar surface area (TPSA) is 156 Å². The Labute approximate surface area is 254 Å². The van der Waals surface area contributed by atoms with Gasteiger partial charge in [-0.2, -0.15) is 9.97 Å². The molecule has 1 saturated heterocycles. The number of benzene rings is 2. The van der Waals surface area contributed by atoms with E-state index >= 15 is 0 Å². The molecule has 0 aliphatic carbocycles. The average Bonchev–Trinajstić information content (AvgIpc) is 3.58. The summed E-state index contributed by atoms with van der Waals surface area (Å²) in [5.41, 5.74) is 2.62. The molecule has 228 valence electrons. The minimum Gasteiger partial charge on any atom is -0.451 e. The summed E-state index contributed by atoms with van der Waals surface area (Å²) in [6, 6.07) is 14.5. The molecule has 2 aromatic heterocycles. The van der Waals surface area contributed by atoms with Gasteiger partial charge in [0, 0.05) is 23.4 Å². The largest absolute Gasteiger partial charge is 0.451 e. The Hall–Kier alpha value is -4.68. The Morgan fingerprint density at radius 2 is 1.89 bits per heavy atom. The molecular weight excluding hydrogens is 562 g/mol. The molecule has 12 heteroatoms. The van der Waals surface area contributed by atoms with E-state index in [0.29, 0.717) is 40.9 Å². The smallest absolute Gasteiger partial charge is 0.339 e. The van der Waals surface area contributed by atoms with Gasteiger partial charge in [0.25, 0.3) is 5.89 Å². The zero-order chi connectivity index (χ0) is 30.8. The van der Waals surface area contributed by atoms with E-state index in [1.807, 2.05) is 50.2 Å². The fraction of sp³-hybridized carbons (Fsp3) is 0.375. The Bertz CT molecular complexity index is 1660. The zero-order valence-electron chi connectivity index (χ0n) is 24.9. The molecule has 4 aromatic rings. The van der Waals surface area contributed by atoms with E-state index in [0.717, 1.165) is 37.1 Å². The molecule has 44 heavy (non-hydrogen) atoms. The number of anilines is 3. The number of likely N-dealkylation sites (tertiary alicyclic amines) is 1. The summed E-state index contributed by atoms with van der Waals surface area (Å²) >= 11 is 0. The van der Waals surface area contributed by atoms with Crippen molar-refractivity contribution in [2.24, 2.45) is 0 Å². The first-order chi connectivity index (χ1) is 21.2. The second kappa shape index (κ2) is 12.1. The molecular formula is C32H35N7O5. The number of aliphatic hydroxyl groups is 1. The molecule has 1 atom stereocenters. The number of ketones is 1. The minimum absolute atomic E-state index is 0.114. The predicted molar refractivity (Wildman–Crippen MR) is 162 cm³/mol. The van der Waals surface area contributed by atoms with Crippen LogP contribution in [0.2, 0.25) is 0 Å². The summed E-state index contributed by atoms with van der Waals surface area (Å²) in [6.45, 7) is 7.16. The number of ether oxygens (including phenoxy) is 1. The molecule has 0 radical (unpaired) electrons. The zero-order valence-corrected chi connectivity index (χ0v) is 24.9.